The van der Waals surface area contributed by atoms with Crippen LogP contribution in [0.3, 0.4) is 0 Å². The largest absolute Gasteiger partial charge is 0.458 e. The summed E-state index contributed by atoms with van der Waals surface area (Å²) >= 11 is 0. The van der Waals surface area contributed by atoms with Crippen molar-refractivity contribution < 1.29 is 14.3 Å². The highest BCUT2D eigenvalue weighted by molar-refractivity contribution is 6.03. The van der Waals surface area contributed by atoms with Crippen LogP contribution in [0, 0.1) is 28.1 Å². The maximum absolute atomic E-state index is 13.2. The fourth-order valence-electron chi connectivity index (χ4n) is 7.64. The van der Waals surface area contributed by atoms with Crippen molar-refractivity contribution in [3.8, 4) is 0 Å². The van der Waals surface area contributed by atoms with E-state index in [9.17, 15) is 9.59 Å². The maximum Gasteiger partial charge on any atom is 0.312 e. The average molecular weight is 314 g/mol. The standard InChI is InChI=1S/C20H26O3/c1-12-13-5-9-18(3)19(11-13,15(12)21)10-6-14-17(2)7-4-8-20(14,18)23-16(17)22/h13-14H,1,4-11H2,2-3H3/t13-,14-,17-,18+,19+,20+/m1/s1. The van der Waals surface area contributed by atoms with Crippen LogP contribution in [0.1, 0.15) is 65.2 Å². The Hall–Kier alpha value is -1.12. The molecule has 23 heavy (non-hydrogen) atoms. The van der Waals surface area contributed by atoms with Gasteiger partial charge in [0.2, 0.25) is 0 Å². The van der Waals surface area contributed by atoms with Crippen molar-refractivity contribution in [3.63, 3.8) is 0 Å². The Morgan fingerprint density at radius 2 is 1.87 bits per heavy atom. The molecule has 0 amide bonds. The molecule has 3 nitrogen and oxygen atoms in total. The highest BCUT2D eigenvalue weighted by Crippen LogP contribution is 2.76. The van der Waals surface area contributed by atoms with Gasteiger partial charge in [0.1, 0.15) is 5.60 Å². The van der Waals surface area contributed by atoms with Crippen molar-refractivity contribution in [1.29, 1.82) is 0 Å². The molecule has 1 aliphatic heterocycles. The number of hydrogen-bond donors (Lipinski definition) is 0. The summed E-state index contributed by atoms with van der Waals surface area (Å²) in [5.41, 5.74) is -0.388. The Kier molecular flexibility index (Phi) is 2.33. The molecule has 124 valence electrons. The van der Waals surface area contributed by atoms with E-state index in [-0.39, 0.29) is 22.2 Å². The van der Waals surface area contributed by atoms with Crippen molar-refractivity contribution in [2.45, 2.75) is 70.8 Å². The van der Waals surface area contributed by atoms with Gasteiger partial charge >= 0.3 is 5.97 Å². The number of Topliss-reactive ketones (excluding diaryl/α,β-unsaturated/α-hetero) is 1. The number of ketones is 1. The van der Waals surface area contributed by atoms with Crippen LogP contribution in [-0.2, 0) is 14.3 Å². The van der Waals surface area contributed by atoms with Crippen LogP contribution in [0.2, 0.25) is 0 Å². The zero-order chi connectivity index (χ0) is 16.3. The van der Waals surface area contributed by atoms with Crippen LogP contribution in [-0.4, -0.2) is 17.4 Å². The highest BCUT2D eigenvalue weighted by atomic mass is 16.6. The van der Waals surface area contributed by atoms with E-state index in [4.69, 9.17) is 4.74 Å². The molecule has 1 heterocycles. The van der Waals surface area contributed by atoms with Crippen molar-refractivity contribution in [1.82, 2.24) is 0 Å². The predicted molar refractivity (Wildman–Crippen MR) is 85.5 cm³/mol. The lowest BCUT2D eigenvalue weighted by molar-refractivity contribution is -0.221. The molecule has 4 aliphatic carbocycles. The van der Waals surface area contributed by atoms with Gasteiger partial charge in [-0.05, 0) is 69.8 Å². The second-order valence-corrected chi connectivity index (χ2v) is 9.35. The van der Waals surface area contributed by atoms with E-state index >= 15 is 0 Å². The first-order chi connectivity index (χ1) is 10.8. The normalized spacial score (nSPS) is 57.0. The minimum atomic E-state index is -0.402. The Labute approximate surface area is 137 Å². The van der Waals surface area contributed by atoms with Gasteiger partial charge in [0, 0.05) is 16.7 Å². The van der Waals surface area contributed by atoms with Crippen LogP contribution < -0.4 is 0 Å². The third kappa shape index (κ3) is 1.20. The van der Waals surface area contributed by atoms with E-state index in [1.54, 1.807) is 0 Å². The van der Waals surface area contributed by atoms with Gasteiger partial charge in [-0.15, -0.1) is 0 Å². The first-order valence-electron chi connectivity index (χ1n) is 9.28. The van der Waals surface area contributed by atoms with Gasteiger partial charge in [0.25, 0.3) is 0 Å². The molecule has 5 aliphatic rings. The number of rotatable bonds is 0. The average Bonchev–Trinajstić information content (AvgIpc) is 2.79. The number of carbonyl (C=O) groups is 2. The smallest absolute Gasteiger partial charge is 0.312 e. The van der Waals surface area contributed by atoms with Gasteiger partial charge < -0.3 is 4.74 Å². The van der Waals surface area contributed by atoms with Crippen LogP contribution in [0.25, 0.3) is 0 Å². The van der Waals surface area contributed by atoms with Gasteiger partial charge in [0.15, 0.2) is 5.78 Å². The highest BCUT2D eigenvalue weighted by Gasteiger charge is 2.79. The van der Waals surface area contributed by atoms with Crippen molar-refractivity contribution >= 4 is 11.8 Å². The fraction of sp³-hybridized carbons (Fsp3) is 0.800. The topological polar surface area (TPSA) is 43.4 Å². The molecule has 3 heteroatoms. The molecule has 0 aromatic rings. The van der Waals surface area contributed by atoms with Crippen molar-refractivity contribution in [2.75, 3.05) is 0 Å². The van der Waals surface area contributed by atoms with Crippen molar-refractivity contribution in [2.24, 2.45) is 28.1 Å². The maximum atomic E-state index is 13.2. The second kappa shape index (κ2) is 3.75. The molecule has 5 rings (SSSR count). The lowest BCUT2D eigenvalue weighted by Gasteiger charge is -2.63. The van der Waals surface area contributed by atoms with Crippen LogP contribution in [0.15, 0.2) is 12.2 Å². The van der Waals surface area contributed by atoms with E-state index in [1.807, 2.05) is 0 Å². The van der Waals surface area contributed by atoms with Crippen LogP contribution in [0.4, 0.5) is 0 Å². The third-order valence-corrected chi connectivity index (χ3v) is 8.97. The fourth-order valence-corrected chi connectivity index (χ4v) is 7.64. The minimum absolute atomic E-state index is 0.00432. The molecule has 0 aromatic heterocycles. The number of carbonyl (C=O) groups excluding carboxylic acids is 2. The Bertz CT molecular complexity index is 666. The minimum Gasteiger partial charge on any atom is -0.458 e. The molecular weight excluding hydrogens is 288 g/mol. The third-order valence-electron chi connectivity index (χ3n) is 8.97. The number of ether oxygens (including phenoxy) is 1. The summed E-state index contributed by atoms with van der Waals surface area (Å²) in [6, 6.07) is 0. The molecule has 4 bridgehead atoms. The molecule has 6 atom stereocenters. The summed E-state index contributed by atoms with van der Waals surface area (Å²) in [6.45, 7) is 8.52. The van der Waals surface area contributed by atoms with E-state index in [1.165, 1.54) is 0 Å². The zero-order valence-electron chi connectivity index (χ0n) is 14.2. The van der Waals surface area contributed by atoms with Gasteiger partial charge in [-0.25, -0.2) is 0 Å². The molecule has 1 spiro atoms. The van der Waals surface area contributed by atoms with Crippen molar-refractivity contribution in [3.05, 3.63) is 12.2 Å². The van der Waals surface area contributed by atoms with E-state index < -0.39 is 5.60 Å². The number of hydrogen-bond acceptors (Lipinski definition) is 3. The molecule has 0 aromatic carbocycles. The number of esters is 1. The summed E-state index contributed by atoms with van der Waals surface area (Å²) in [6.07, 6.45) is 7.81. The predicted octanol–water partition coefficient (Wildman–Crippen LogP) is 3.81. The number of allylic oxidation sites excluding steroid dienone is 1. The Balaban J connectivity index is 1.73. The molecule has 4 saturated carbocycles. The van der Waals surface area contributed by atoms with Gasteiger partial charge in [-0.1, -0.05) is 13.5 Å². The summed E-state index contributed by atoms with van der Waals surface area (Å²) in [5.74, 6) is 0.968. The zero-order valence-corrected chi connectivity index (χ0v) is 14.2. The Morgan fingerprint density at radius 1 is 1.09 bits per heavy atom. The molecule has 0 N–H and O–H groups in total. The molecular formula is C20H26O3. The monoisotopic (exact) mass is 314 g/mol. The molecule has 0 unspecified atom stereocenters. The Morgan fingerprint density at radius 3 is 2.65 bits per heavy atom. The lowest BCUT2D eigenvalue weighted by Crippen LogP contribution is -2.66. The van der Waals surface area contributed by atoms with E-state index in [0.29, 0.717) is 17.6 Å². The quantitative estimate of drug-likeness (QED) is 0.504. The lowest BCUT2D eigenvalue weighted by atomic mass is 9.39. The summed E-state index contributed by atoms with van der Waals surface area (Å²) < 4.78 is 6.26. The van der Waals surface area contributed by atoms with Gasteiger partial charge in [-0.2, -0.15) is 0 Å². The summed E-state index contributed by atoms with van der Waals surface area (Å²) in [4.78, 5) is 26.0. The van der Waals surface area contributed by atoms with Gasteiger partial charge in [0.05, 0.1) is 5.41 Å². The van der Waals surface area contributed by atoms with Crippen LogP contribution >= 0.6 is 0 Å². The summed E-state index contributed by atoms with van der Waals surface area (Å²) in [5, 5.41) is 0. The SMILES string of the molecule is C=C1C(=O)[C@@]23CC[C@@H]4[C@@]5(C)CCC[C@@]4(OC5=O)[C@@]2(C)CC[C@@H]1C3. The molecule has 1 saturated heterocycles. The molecule has 0 radical (unpaired) electrons. The first kappa shape index (κ1) is 14.2. The van der Waals surface area contributed by atoms with Crippen LogP contribution in [0.5, 0.6) is 0 Å². The first-order valence-corrected chi connectivity index (χ1v) is 9.28. The van der Waals surface area contributed by atoms with E-state index in [0.717, 1.165) is 56.9 Å². The van der Waals surface area contributed by atoms with Gasteiger partial charge in [-0.3, -0.25) is 9.59 Å². The molecule has 5 fully saturated rings. The number of fused-ring (bicyclic) bond motifs is 1. The van der Waals surface area contributed by atoms with E-state index in [2.05, 4.69) is 20.4 Å². The second-order valence-electron chi connectivity index (χ2n) is 9.35. The summed E-state index contributed by atoms with van der Waals surface area (Å²) in [7, 11) is 0.